The number of nitrogens with one attached hydrogen (secondary N) is 2. The molecule has 0 saturated carbocycles. The largest absolute Gasteiger partial charge is 0.416 e. The summed E-state index contributed by atoms with van der Waals surface area (Å²) in [6.45, 7) is 1.88. The van der Waals surface area contributed by atoms with E-state index < -0.39 is 23.5 Å². The summed E-state index contributed by atoms with van der Waals surface area (Å²) in [6, 6.07) is 9.41. The van der Waals surface area contributed by atoms with Gasteiger partial charge in [0.25, 0.3) is 11.5 Å². The average Bonchev–Trinajstić information content (AvgIpc) is 2.91. The van der Waals surface area contributed by atoms with E-state index in [2.05, 4.69) is 15.5 Å². The van der Waals surface area contributed by atoms with Crippen LogP contribution in [-0.4, -0.2) is 53.7 Å². The molecular formula is C26H25F4N5O2. The maximum Gasteiger partial charge on any atom is 0.416 e. The molecule has 0 unspecified atom stereocenters. The number of aromatic nitrogens is 2. The smallest absolute Gasteiger partial charge is 0.383 e. The van der Waals surface area contributed by atoms with E-state index in [0.717, 1.165) is 25.1 Å². The molecule has 5 rings (SSSR count). The fourth-order valence-electron chi connectivity index (χ4n) is 4.84. The van der Waals surface area contributed by atoms with Crippen molar-refractivity contribution in [2.24, 2.45) is 0 Å². The maximum absolute atomic E-state index is 14.7. The number of alkyl halides is 3. The molecule has 2 aliphatic heterocycles. The Kier molecular flexibility index (Phi) is 6.61. The fraction of sp³-hybridized carbons (Fsp3) is 0.346. The van der Waals surface area contributed by atoms with Gasteiger partial charge in [0.15, 0.2) is 0 Å². The van der Waals surface area contributed by atoms with E-state index in [1.165, 1.54) is 23.1 Å². The van der Waals surface area contributed by atoms with Crippen LogP contribution in [0.15, 0.2) is 47.3 Å². The molecular weight excluding hydrogens is 490 g/mol. The number of carbonyl (C=O) groups excluding carboxylic acids is 1. The lowest BCUT2D eigenvalue weighted by Crippen LogP contribution is -2.49. The number of piperazine rings is 1. The first kappa shape index (κ1) is 24.8. The van der Waals surface area contributed by atoms with Gasteiger partial charge in [-0.3, -0.25) is 9.59 Å². The Morgan fingerprint density at radius 3 is 2.59 bits per heavy atom. The Hall–Kier alpha value is -3.89. The van der Waals surface area contributed by atoms with Crippen molar-refractivity contribution in [1.29, 1.82) is 0 Å². The lowest BCUT2D eigenvalue weighted by molar-refractivity contribution is -0.137. The van der Waals surface area contributed by atoms with Gasteiger partial charge in [0.2, 0.25) is 0 Å². The lowest BCUT2D eigenvalue weighted by atomic mass is 9.99. The summed E-state index contributed by atoms with van der Waals surface area (Å²) in [6.07, 6.45) is -2.64. The monoisotopic (exact) mass is 515 g/mol. The minimum Gasteiger partial charge on any atom is -0.383 e. The molecule has 37 heavy (non-hydrogen) atoms. The second-order valence-electron chi connectivity index (χ2n) is 9.20. The van der Waals surface area contributed by atoms with Crippen LogP contribution in [0, 0.1) is 5.82 Å². The van der Waals surface area contributed by atoms with Crippen molar-refractivity contribution < 1.29 is 22.4 Å². The predicted octanol–water partition coefficient (Wildman–Crippen LogP) is 3.84. The average molecular weight is 516 g/mol. The van der Waals surface area contributed by atoms with Crippen molar-refractivity contribution >= 4 is 17.3 Å². The van der Waals surface area contributed by atoms with Crippen molar-refractivity contribution in [2.75, 3.05) is 42.9 Å². The molecule has 194 valence electrons. The standard InChI is InChI=1S/C26H25F4N5O2/c27-21-7-6-16(14-22-23-19(5-2-8-31-23)24(36)33-32-22)13-20(21)25(37)35-11-9-34(10-12-35)18-4-1-3-17(15-18)26(28,29)30/h1,3-4,6-7,13,15,31H,2,5,8-12,14H2,(H,33,36). The van der Waals surface area contributed by atoms with Gasteiger partial charge in [-0.2, -0.15) is 18.3 Å². The quantitative estimate of drug-likeness (QED) is 0.517. The fourth-order valence-corrected chi connectivity index (χ4v) is 4.84. The minimum absolute atomic E-state index is 0.0729. The normalized spacial score (nSPS) is 15.8. The third kappa shape index (κ3) is 5.16. The molecule has 11 heteroatoms. The van der Waals surface area contributed by atoms with Gasteiger partial charge in [0, 0.05) is 50.4 Å². The summed E-state index contributed by atoms with van der Waals surface area (Å²) >= 11 is 0. The molecule has 1 amide bonds. The predicted molar refractivity (Wildman–Crippen MR) is 130 cm³/mol. The van der Waals surface area contributed by atoms with Crippen molar-refractivity contribution in [3.05, 3.63) is 86.6 Å². The van der Waals surface area contributed by atoms with E-state index in [1.54, 1.807) is 17.0 Å². The number of halogens is 4. The third-order valence-corrected chi connectivity index (χ3v) is 6.80. The summed E-state index contributed by atoms with van der Waals surface area (Å²) in [7, 11) is 0. The van der Waals surface area contributed by atoms with Crippen LogP contribution >= 0.6 is 0 Å². The van der Waals surface area contributed by atoms with E-state index in [4.69, 9.17) is 0 Å². The molecule has 0 radical (unpaired) electrons. The Labute approximate surface area is 210 Å². The van der Waals surface area contributed by atoms with Crippen LogP contribution in [0.4, 0.5) is 28.9 Å². The highest BCUT2D eigenvalue weighted by Crippen LogP contribution is 2.32. The number of carbonyl (C=O) groups is 1. The van der Waals surface area contributed by atoms with Crippen LogP contribution in [0.1, 0.15) is 39.2 Å². The number of rotatable bonds is 4. The zero-order chi connectivity index (χ0) is 26.2. The van der Waals surface area contributed by atoms with Crippen molar-refractivity contribution in [3.63, 3.8) is 0 Å². The molecule has 0 atom stereocenters. The molecule has 7 nitrogen and oxygen atoms in total. The van der Waals surface area contributed by atoms with Crippen LogP contribution in [0.3, 0.4) is 0 Å². The number of amides is 1. The Balaban J connectivity index is 1.30. The lowest BCUT2D eigenvalue weighted by Gasteiger charge is -2.36. The van der Waals surface area contributed by atoms with Gasteiger partial charge in [0.05, 0.1) is 22.5 Å². The van der Waals surface area contributed by atoms with Crippen molar-refractivity contribution in [3.8, 4) is 0 Å². The Morgan fingerprint density at radius 1 is 1.05 bits per heavy atom. The van der Waals surface area contributed by atoms with Gasteiger partial charge in [-0.25, -0.2) is 9.49 Å². The van der Waals surface area contributed by atoms with Crippen molar-refractivity contribution in [2.45, 2.75) is 25.4 Å². The number of hydrogen-bond donors (Lipinski definition) is 2. The second kappa shape index (κ2) is 9.87. The number of anilines is 2. The summed E-state index contributed by atoms with van der Waals surface area (Å²) in [5.74, 6) is -1.12. The van der Waals surface area contributed by atoms with Gasteiger partial charge in [-0.05, 0) is 48.7 Å². The topological polar surface area (TPSA) is 81.3 Å². The van der Waals surface area contributed by atoms with E-state index >= 15 is 0 Å². The van der Waals surface area contributed by atoms with Crippen LogP contribution in [0.2, 0.25) is 0 Å². The van der Waals surface area contributed by atoms with Crippen molar-refractivity contribution in [1.82, 2.24) is 15.1 Å². The molecule has 3 aromatic rings. The number of fused-ring (bicyclic) bond motifs is 1. The highest BCUT2D eigenvalue weighted by atomic mass is 19.4. The number of nitrogens with zero attached hydrogens (tertiary/aromatic N) is 3. The van der Waals surface area contributed by atoms with E-state index in [-0.39, 0.29) is 24.2 Å². The van der Waals surface area contributed by atoms with Crippen LogP contribution < -0.4 is 15.8 Å². The number of benzene rings is 2. The SMILES string of the molecule is O=C(c1cc(Cc2n[nH]c(=O)c3c2NCCC3)ccc1F)N1CCN(c2cccc(C(F)(F)F)c2)CC1. The first-order valence-electron chi connectivity index (χ1n) is 12.0. The summed E-state index contributed by atoms with van der Waals surface area (Å²) in [4.78, 5) is 28.6. The van der Waals surface area contributed by atoms with E-state index in [1.807, 2.05) is 0 Å². The van der Waals surface area contributed by atoms with Gasteiger partial charge in [0.1, 0.15) is 5.82 Å². The van der Waals surface area contributed by atoms with E-state index in [9.17, 15) is 27.2 Å². The molecule has 0 bridgehead atoms. The number of hydrogen-bond acceptors (Lipinski definition) is 5. The first-order valence-corrected chi connectivity index (χ1v) is 12.0. The first-order chi connectivity index (χ1) is 17.7. The highest BCUT2D eigenvalue weighted by molar-refractivity contribution is 5.95. The molecule has 2 N–H and O–H groups in total. The Bertz CT molecular complexity index is 1380. The Morgan fingerprint density at radius 2 is 1.84 bits per heavy atom. The highest BCUT2D eigenvalue weighted by Gasteiger charge is 2.31. The second-order valence-corrected chi connectivity index (χ2v) is 9.20. The van der Waals surface area contributed by atoms with Crippen LogP contribution in [-0.2, 0) is 19.0 Å². The molecule has 2 aromatic carbocycles. The van der Waals surface area contributed by atoms with Gasteiger partial charge >= 0.3 is 6.18 Å². The molecule has 2 aliphatic rings. The number of H-pyrrole nitrogens is 1. The van der Waals surface area contributed by atoms with Crippen LogP contribution in [0.5, 0.6) is 0 Å². The van der Waals surface area contributed by atoms with E-state index in [0.29, 0.717) is 54.1 Å². The summed E-state index contributed by atoms with van der Waals surface area (Å²) < 4.78 is 53.9. The zero-order valence-electron chi connectivity index (χ0n) is 19.9. The van der Waals surface area contributed by atoms with Gasteiger partial charge < -0.3 is 15.1 Å². The third-order valence-electron chi connectivity index (χ3n) is 6.80. The molecule has 1 fully saturated rings. The zero-order valence-corrected chi connectivity index (χ0v) is 19.9. The molecule has 3 heterocycles. The van der Waals surface area contributed by atoms with Crippen LogP contribution in [0.25, 0.3) is 0 Å². The van der Waals surface area contributed by atoms with Gasteiger partial charge in [-0.15, -0.1) is 0 Å². The molecule has 1 saturated heterocycles. The van der Waals surface area contributed by atoms with Gasteiger partial charge in [-0.1, -0.05) is 12.1 Å². The molecule has 0 aliphatic carbocycles. The summed E-state index contributed by atoms with van der Waals surface area (Å²) in [5, 5.41) is 9.91. The molecule has 0 spiro atoms. The number of aromatic amines is 1. The maximum atomic E-state index is 14.7. The molecule has 1 aromatic heterocycles. The minimum atomic E-state index is -4.43. The summed E-state index contributed by atoms with van der Waals surface area (Å²) in [5.41, 5.74) is 2.03.